The van der Waals surface area contributed by atoms with Crippen molar-refractivity contribution in [3.8, 4) is 5.75 Å². The zero-order valence-electron chi connectivity index (χ0n) is 12.8. The Morgan fingerprint density at radius 2 is 1.91 bits per heavy atom. The van der Waals surface area contributed by atoms with Crippen molar-refractivity contribution in [2.45, 2.75) is 18.7 Å². The second-order valence-corrected chi connectivity index (χ2v) is 6.35. The number of benzene rings is 1. The fraction of sp³-hybridized carbons (Fsp3) is 0.500. The van der Waals surface area contributed by atoms with Crippen LogP contribution in [0.25, 0.3) is 0 Å². The molecule has 124 valence electrons. The summed E-state index contributed by atoms with van der Waals surface area (Å²) in [4.78, 5) is 11.7. The molecule has 8 heteroatoms. The van der Waals surface area contributed by atoms with Gasteiger partial charge in [-0.2, -0.15) is 4.31 Å². The van der Waals surface area contributed by atoms with E-state index in [-0.39, 0.29) is 31.1 Å². The van der Waals surface area contributed by atoms with Gasteiger partial charge in [-0.3, -0.25) is 4.79 Å². The number of hydrogen-bond donors (Lipinski definition) is 2. The van der Waals surface area contributed by atoms with Crippen LogP contribution >= 0.6 is 0 Å². The van der Waals surface area contributed by atoms with Crippen LogP contribution in [0.15, 0.2) is 29.2 Å². The third kappa shape index (κ3) is 4.97. The maximum atomic E-state index is 12.5. The molecule has 1 aromatic carbocycles. The SMILES string of the molecule is CCOc1ccc(S(=O)(=O)N(CC)CC(=O)NCCO)cc1. The maximum Gasteiger partial charge on any atom is 0.243 e. The van der Waals surface area contributed by atoms with Crippen LogP contribution in [0.5, 0.6) is 5.75 Å². The van der Waals surface area contributed by atoms with Crippen molar-refractivity contribution in [3.05, 3.63) is 24.3 Å². The van der Waals surface area contributed by atoms with Gasteiger partial charge in [0.1, 0.15) is 5.75 Å². The van der Waals surface area contributed by atoms with Gasteiger partial charge in [0.15, 0.2) is 0 Å². The predicted octanol–water partition coefficient (Wildman–Crippen LogP) is 0.204. The molecular weight excluding hydrogens is 308 g/mol. The smallest absolute Gasteiger partial charge is 0.243 e. The molecule has 1 amide bonds. The highest BCUT2D eigenvalue weighted by Gasteiger charge is 2.25. The van der Waals surface area contributed by atoms with Crippen LogP contribution in [-0.2, 0) is 14.8 Å². The number of nitrogens with zero attached hydrogens (tertiary/aromatic N) is 1. The molecule has 0 aliphatic carbocycles. The number of rotatable bonds is 9. The number of nitrogens with one attached hydrogen (secondary N) is 1. The summed E-state index contributed by atoms with van der Waals surface area (Å²) in [6, 6.07) is 6.06. The Hall–Kier alpha value is -1.64. The molecule has 0 heterocycles. The Morgan fingerprint density at radius 3 is 2.41 bits per heavy atom. The number of carbonyl (C=O) groups excluding carboxylic acids is 1. The zero-order valence-corrected chi connectivity index (χ0v) is 13.6. The molecule has 0 aliphatic rings. The monoisotopic (exact) mass is 330 g/mol. The first-order valence-electron chi connectivity index (χ1n) is 7.06. The molecule has 0 aromatic heterocycles. The molecule has 2 N–H and O–H groups in total. The lowest BCUT2D eigenvalue weighted by Gasteiger charge is -2.20. The third-order valence-electron chi connectivity index (χ3n) is 2.88. The lowest BCUT2D eigenvalue weighted by Crippen LogP contribution is -2.41. The van der Waals surface area contributed by atoms with Gasteiger partial charge in [0.2, 0.25) is 15.9 Å². The summed E-state index contributed by atoms with van der Waals surface area (Å²) >= 11 is 0. The van der Waals surface area contributed by atoms with E-state index in [1.165, 1.54) is 12.1 Å². The standard InChI is InChI=1S/C14H22N2O5S/c1-3-16(11-14(18)15-9-10-17)22(19,20)13-7-5-12(6-8-13)21-4-2/h5-8,17H,3-4,9-11H2,1-2H3,(H,15,18). The molecular formula is C14H22N2O5S. The Kier molecular flexibility index (Phi) is 7.30. The van der Waals surface area contributed by atoms with Gasteiger partial charge in [-0.25, -0.2) is 8.42 Å². The van der Waals surface area contributed by atoms with Gasteiger partial charge in [0.25, 0.3) is 0 Å². The number of hydrogen-bond acceptors (Lipinski definition) is 5. The number of likely N-dealkylation sites (N-methyl/N-ethyl adjacent to an activating group) is 1. The Balaban J connectivity index is 2.86. The zero-order chi connectivity index (χ0) is 16.6. The second-order valence-electron chi connectivity index (χ2n) is 4.41. The molecule has 0 atom stereocenters. The average Bonchev–Trinajstić information content (AvgIpc) is 2.51. The van der Waals surface area contributed by atoms with E-state index in [0.29, 0.717) is 12.4 Å². The van der Waals surface area contributed by atoms with Gasteiger partial charge in [-0.15, -0.1) is 0 Å². The number of aliphatic hydroxyl groups excluding tert-OH is 1. The molecule has 0 spiro atoms. The van der Waals surface area contributed by atoms with Crippen molar-refractivity contribution in [1.82, 2.24) is 9.62 Å². The number of sulfonamides is 1. The van der Waals surface area contributed by atoms with E-state index in [1.54, 1.807) is 19.1 Å². The normalized spacial score (nSPS) is 11.5. The van der Waals surface area contributed by atoms with Crippen molar-refractivity contribution < 1.29 is 23.1 Å². The highest BCUT2D eigenvalue weighted by atomic mass is 32.2. The minimum Gasteiger partial charge on any atom is -0.494 e. The summed E-state index contributed by atoms with van der Waals surface area (Å²) in [5.41, 5.74) is 0. The molecule has 0 unspecified atom stereocenters. The van der Waals surface area contributed by atoms with Gasteiger partial charge in [0.05, 0.1) is 24.7 Å². The minimum absolute atomic E-state index is 0.0967. The number of ether oxygens (including phenoxy) is 1. The lowest BCUT2D eigenvalue weighted by atomic mass is 10.3. The second kappa shape index (κ2) is 8.72. The summed E-state index contributed by atoms with van der Waals surface area (Å²) in [5, 5.41) is 11.1. The summed E-state index contributed by atoms with van der Waals surface area (Å²) in [7, 11) is -3.75. The molecule has 1 aromatic rings. The topological polar surface area (TPSA) is 95.9 Å². The van der Waals surface area contributed by atoms with Crippen molar-refractivity contribution in [1.29, 1.82) is 0 Å². The summed E-state index contributed by atoms with van der Waals surface area (Å²) < 4.78 is 31.3. The number of amides is 1. The fourth-order valence-electron chi connectivity index (χ4n) is 1.80. The van der Waals surface area contributed by atoms with Gasteiger partial charge < -0.3 is 15.2 Å². The first kappa shape index (κ1) is 18.4. The molecule has 1 rings (SSSR count). The van der Waals surface area contributed by atoms with Crippen LogP contribution in [0, 0.1) is 0 Å². The first-order valence-corrected chi connectivity index (χ1v) is 8.50. The molecule has 0 saturated carbocycles. The van der Waals surface area contributed by atoms with Crippen molar-refractivity contribution in [2.24, 2.45) is 0 Å². The van der Waals surface area contributed by atoms with E-state index in [2.05, 4.69) is 5.32 Å². The van der Waals surface area contributed by atoms with Crippen molar-refractivity contribution in [3.63, 3.8) is 0 Å². The van der Waals surface area contributed by atoms with Crippen LogP contribution in [0.2, 0.25) is 0 Å². The first-order chi connectivity index (χ1) is 10.5. The minimum atomic E-state index is -3.75. The highest BCUT2D eigenvalue weighted by molar-refractivity contribution is 7.89. The third-order valence-corrected chi connectivity index (χ3v) is 4.81. The van der Waals surface area contributed by atoms with E-state index in [0.717, 1.165) is 4.31 Å². The van der Waals surface area contributed by atoms with E-state index >= 15 is 0 Å². The highest BCUT2D eigenvalue weighted by Crippen LogP contribution is 2.19. The molecule has 0 saturated heterocycles. The molecule has 0 aliphatic heterocycles. The Labute approximate surface area is 130 Å². The largest absolute Gasteiger partial charge is 0.494 e. The van der Waals surface area contributed by atoms with E-state index in [1.807, 2.05) is 6.92 Å². The quantitative estimate of drug-likeness (QED) is 0.674. The Morgan fingerprint density at radius 1 is 1.27 bits per heavy atom. The van der Waals surface area contributed by atoms with E-state index < -0.39 is 15.9 Å². The predicted molar refractivity (Wildman–Crippen MR) is 82.1 cm³/mol. The van der Waals surface area contributed by atoms with Gasteiger partial charge >= 0.3 is 0 Å². The Bertz CT molecular complexity index is 571. The summed E-state index contributed by atoms with van der Waals surface area (Å²) in [6.07, 6.45) is 0. The fourth-order valence-corrected chi connectivity index (χ4v) is 3.21. The molecule has 22 heavy (non-hydrogen) atoms. The van der Waals surface area contributed by atoms with Gasteiger partial charge in [-0.05, 0) is 31.2 Å². The summed E-state index contributed by atoms with van der Waals surface area (Å²) in [6.45, 7) is 3.79. The van der Waals surface area contributed by atoms with Crippen molar-refractivity contribution >= 4 is 15.9 Å². The molecule has 0 bridgehead atoms. The summed E-state index contributed by atoms with van der Waals surface area (Å²) in [5.74, 6) is 0.135. The van der Waals surface area contributed by atoms with Crippen molar-refractivity contribution in [2.75, 3.05) is 32.8 Å². The molecule has 0 fully saturated rings. The maximum absolute atomic E-state index is 12.5. The van der Waals surface area contributed by atoms with Crippen LogP contribution in [0.1, 0.15) is 13.8 Å². The molecule has 0 radical (unpaired) electrons. The van der Waals surface area contributed by atoms with Gasteiger partial charge in [-0.1, -0.05) is 6.92 Å². The van der Waals surface area contributed by atoms with Crippen LogP contribution in [0.3, 0.4) is 0 Å². The van der Waals surface area contributed by atoms with E-state index in [9.17, 15) is 13.2 Å². The van der Waals surface area contributed by atoms with Gasteiger partial charge in [0, 0.05) is 13.1 Å². The number of carbonyl (C=O) groups is 1. The lowest BCUT2D eigenvalue weighted by molar-refractivity contribution is -0.121. The van der Waals surface area contributed by atoms with Crippen LogP contribution < -0.4 is 10.1 Å². The average molecular weight is 330 g/mol. The van der Waals surface area contributed by atoms with Crippen LogP contribution in [-0.4, -0.2) is 56.6 Å². The molecule has 7 nitrogen and oxygen atoms in total. The van der Waals surface area contributed by atoms with E-state index in [4.69, 9.17) is 9.84 Å². The number of aliphatic hydroxyl groups is 1. The van der Waals surface area contributed by atoms with Crippen LogP contribution in [0.4, 0.5) is 0 Å².